The topological polar surface area (TPSA) is 59.8 Å². The molecule has 24 heavy (non-hydrogen) atoms. The Morgan fingerprint density at radius 2 is 1.79 bits per heavy atom. The number of rotatable bonds is 6. The highest BCUT2D eigenvalue weighted by atomic mass is 35.5. The monoisotopic (exact) mass is 347 g/mol. The normalized spacial score (nSPS) is 11.6. The molecule has 0 bridgehead atoms. The van der Waals surface area contributed by atoms with Crippen molar-refractivity contribution in [2.24, 2.45) is 0 Å². The second-order valence-electron chi connectivity index (χ2n) is 5.53. The molecule has 0 spiro atoms. The maximum absolute atomic E-state index is 12.1. The van der Waals surface area contributed by atoms with E-state index in [0.29, 0.717) is 29.4 Å². The zero-order valence-electron chi connectivity index (χ0n) is 13.6. The standard InChI is InChI=1S/C18H19ClN2O3/c1-21(11-13-7-9-14(10-8-13)18(23)24-2)12-17(22)20-16-6-4-3-5-15(16)19/h3-10H,11-12H2,1-2H3,(H,20,22)/p+1. The molecule has 2 aromatic rings. The molecule has 2 N–H and O–H groups in total. The van der Waals surface area contributed by atoms with Crippen LogP contribution in [0.25, 0.3) is 0 Å². The molecule has 5 nitrogen and oxygen atoms in total. The average Bonchev–Trinajstić information content (AvgIpc) is 2.56. The third-order valence-electron chi connectivity index (χ3n) is 3.49. The number of amides is 1. The lowest BCUT2D eigenvalue weighted by atomic mass is 10.1. The molecule has 1 amide bonds. The molecule has 0 aliphatic rings. The van der Waals surface area contributed by atoms with Crippen LogP contribution in [-0.2, 0) is 16.1 Å². The summed E-state index contributed by atoms with van der Waals surface area (Å²) in [5.41, 5.74) is 2.15. The van der Waals surface area contributed by atoms with Crippen molar-refractivity contribution in [3.05, 3.63) is 64.7 Å². The first kappa shape index (κ1) is 18.0. The van der Waals surface area contributed by atoms with Crippen LogP contribution in [0.3, 0.4) is 0 Å². The smallest absolute Gasteiger partial charge is 0.337 e. The number of hydrogen-bond donors (Lipinski definition) is 2. The van der Waals surface area contributed by atoms with Crippen molar-refractivity contribution in [2.45, 2.75) is 6.54 Å². The number of hydrogen-bond acceptors (Lipinski definition) is 3. The highest BCUT2D eigenvalue weighted by Crippen LogP contribution is 2.19. The maximum atomic E-state index is 12.1. The molecule has 0 heterocycles. The van der Waals surface area contributed by atoms with Crippen molar-refractivity contribution >= 4 is 29.2 Å². The first-order chi connectivity index (χ1) is 11.5. The van der Waals surface area contributed by atoms with Gasteiger partial charge in [0.2, 0.25) is 0 Å². The van der Waals surface area contributed by atoms with E-state index in [1.54, 1.807) is 24.3 Å². The predicted molar refractivity (Wildman–Crippen MR) is 93.3 cm³/mol. The van der Waals surface area contributed by atoms with Crippen molar-refractivity contribution in [2.75, 3.05) is 26.0 Å². The van der Waals surface area contributed by atoms with Crippen molar-refractivity contribution in [3.8, 4) is 0 Å². The Morgan fingerprint density at radius 1 is 1.12 bits per heavy atom. The van der Waals surface area contributed by atoms with Gasteiger partial charge in [-0.25, -0.2) is 4.79 Å². The largest absolute Gasteiger partial charge is 0.465 e. The summed E-state index contributed by atoms with van der Waals surface area (Å²) < 4.78 is 4.67. The second-order valence-corrected chi connectivity index (χ2v) is 5.93. The summed E-state index contributed by atoms with van der Waals surface area (Å²) in [5, 5.41) is 3.32. The van der Waals surface area contributed by atoms with Gasteiger partial charge in [0.25, 0.3) is 5.91 Å². The summed E-state index contributed by atoms with van der Waals surface area (Å²) in [6.07, 6.45) is 0. The molecule has 6 heteroatoms. The Bertz CT molecular complexity index is 716. The van der Waals surface area contributed by atoms with Crippen LogP contribution in [0.4, 0.5) is 5.69 Å². The van der Waals surface area contributed by atoms with Crippen LogP contribution in [0, 0.1) is 0 Å². The van der Waals surface area contributed by atoms with Gasteiger partial charge < -0.3 is 15.0 Å². The van der Waals surface area contributed by atoms with Crippen LogP contribution in [0.2, 0.25) is 5.02 Å². The fourth-order valence-corrected chi connectivity index (χ4v) is 2.50. The summed E-state index contributed by atoms with van der Waals surface area (Å²) in [6.45, 7) is 0.974. The highest BCUT2D eigenvalue weighted by molar-refractivity contribution is 6.33. The number of benzene rings is 2. The summed E-state index contributed by atoms with van der Waals surface area (Å²) >= 11 is 6.03. The molecule has 0 saturated carbocycles. The van der Waals surface area contributed by atoms with Crippen molar-refractivity contribution in [1.82, 2.24) is 0 Å². The number of methoxy groups -OCH3 is 1. The van der Waals surface area contributed by atoms with E-state index in [9.17, 15) is 9.59 Å². The van der Waals surface area contributed by atoms with Gasteiger partial charge in [0.1, 0.15) is 6.54 Å². The quantitative estimate of drug-likeness (QED) is 0.783. The van der Waals surface area contributed by atoms with Gasteiger partial charge in [-0.3, -0.25) is 4.79 Å². The molecule has 0 aliphatic heterocycles. The van der Waals surface area contributed by atoms with Gasteiger partial charge in [0, 0.05) is 5.56 Å². The molecule has 0 saturated heterocycles. The van der Waals surface area contributed by atoms with Crippen LogP contribution in [0.1, 0.15) is 15.9 Å². The number of carbonyl (C=O) groups is 2. The van der Waals surface area contributed by atoms with E-state index in [1.165, 1.54) is 7.11 Å². The third kappa shape index (κ3) is 5.08. The van der Waals surface area contributed by atoms with Crippen molar-refractivity contribution in [3.63, 3.8) is 0 Å². The van der Waals surface area contributed by atoms with Crippen molar-refractivity contribution < 1.29 is 19.2 Å². The Balaban J connectivity index is 1.88. The second kappa shape index (κ2) is 8.47. The number of nitrogens with one attached hydrogen (secondary N) is 2. The van der Waals surface area contributed by atoms with Gasteiger partial charge in [-0.2, -0.15) is 0 Å². The van der Waals surface area contributed by atoms with E-state index in [4.69, 9.17) is 11.6 Å². The third-order valence-corrected chi connectivity index (χ3v) is 3.82. The lowest BCUT2D eigenvalue weighted by molar-refractivity contribution is -0.885. The molecular weight excluding hydrogens is 328 g/mol. The van der Waals surface area contributed by atoms with E-state index in [2.05, 4.69) is 10.1 Å². The fraction of sp³-hybridized carbons (Fsp3) is 0.222. The predicted octanol–water partition coefficient (Wildman–Crippen LogP) is 1.78. The Hall–Kier alpha value is -2.37. The summed E-state index contributed by atoms with van der Waals surface area (Å²) in [4.78, 5) is 24.5. The highest BCUT2D eigenvalue weighted by Gasteiger charge is 2.12. The minimum absolute atomic E-state index is 0.105. The van der Waals surface area contributed by atoms with Gasteiger partial charge in [-0.1, -0.05) is 35.9 Å². The number of likely N-dealkylation sites (N-methyl/N-ethyl adjacent to an activating group) is 1. The minimum Gasteiger partial charge on any atom is -0.465 e. The minimum atomic E-state index is -0.360. The molecular formula is C18H20ClN2O3+. The molecule has 0 radical (unpaired) electrons. The number of ether oxygens (including phenoxy) is 1. The average molecular weight is 348 g/mol. The van der Waals surface area contributed by atoms with Gasteiger partial charge in [-0.15, -0.1) is 0 Å². The molecule has 2 aromatic carbocycles. The van der Waals surface area contributed by atoms with E-state index >= 15 is 0 Å². The van der Waals surface area contributed by atoms with Crippen LogP contribution in [-0.4, -0.2) is 32.6 Å². The van der Waals surface area contributed by atoms with Gasteiger partial charge in [0.05, 0.1) is 30.4 Å². The zero-order valence-corrected chi connectivity index (χ0v) is 14.4. The molecule has 1 atom stereocenters. The first-order valence-electron chi connectivity index (χ1n) is 7.52. The van der Waals surface area contributed by atoms with Crippen LogP contribution < -0.4 is 10.2 Å². The Morgan fingerprint density at radius 3 is 2.42 bits per heavy atom. The van der Waals surface area contributed by atoms with E-state index in [-0.39, 0.29) is 11.9 Å². The number of esters is 1. The maximum Gasteiger partial charge on any atom is 0.337 e. The fourth-order valence-electron chi connectivity index (χ4n) is 2.32. The molecule has 0 fully saturated rings. The Kier molecular flexibility index (Phi) is 6.35. The first-order valence-corrected chi connectivity index (χ1v) is 7.90. The summed E-state index contributed by atoms with van der Waals surface area (Å²) in [6, 6.07) is 14.3. The van der Waals surface area contributed by atoms with Crippen LogP contribution >= 0.6 is 11.6 Å². The molecule has 2 rings (SSSR count). The molecule has 126 valence electrons. The number of anilines is 1. The lowest BCUT2D eigenvalue weighted by Gasteiger charge is -2.14. The van der Waals surface area contributed by atoms with Crippen LogP contribution in [0.15, 0.2) is 48.5 Å². The van der Waals surface area contributed by atoms with Gasteiger partial charge in [-0.05, 0) is 24.3 Å². The molecule has 0 aromatic heterocycles. The number of carbonyl (C=O) groups excluding carboxylic acids is 2. The van der Waals surface area contributed by atoms with Gasteiger partial charge >= 0.3 is 5.97 Å². The summed E-state index contributed by atoms with van der Waals surface area (Å²) in [7, 11) is 3.28. The van der Waals surface area contributed by atoms with Crippen LogP contribution in [0.5, 0.6) is 0 Å². The van der Waals surface area contributed by atoms with E-state index in [1.807, 2.05) is 31.3 Å². The van der Waals surface area contributed by atoms with Crippen molar-refractivity contribution in [1.29, 1.82) is 0 Å². The summed E-state index contributed by atoms with van der Waals surface area (Å²) in [5.74, 6) is -0.465. The lowest BCUT2D eigenvalue weighted by Crippen LogP contribution is -3.08. The SMILES string of the molecule is COC(=O)c1ccc(C[NH+](C)CC(=O)Nc2ccccc2Cl)cc1. The zero-order chi connectivity index (χ0) is 17.5. The molecule has 1 unspecified atom stereocenters. The van der Waals surface area contributed by atoms with Gasteiger partial charge in [0.15, 0.2) is 6.54 Å². The van der Waals surface area contributed by atoms with E-state index < -0.39 is 0 Å². The number of halogens is 1. The number of quaternary nitrogens is 1. The van der Waals surface area contributed by atoms with E-state index in [0.717, 1.165) is 10.5 Å². The Labute approximate surface area is 146 Å². The number of para-hydroxylation sites is 1. The molecule has 0 aliphatic carbocycles.